The third-order valence-corrected chi connectivity index (χ3v) is 4.47. The molecule has 1 amide bonds. The van der Waals surface area contributed by atoms with Crippen LogP contribution in [0.15, 0.2) is 0 Å². The van der Waals surface area contributed by atoms with Crippen molar-refractivity contribution < 1.29 is 14.7 Å². The second-order valence-electron chi connectivity index (χ2n) is 5.71. The van der Waals surface area contributed by atoms with Gasteiger partial charge >= 0.3 is 5.97 Å². The van der Waals surface area contributed by atoms with Crippen LogP contribution in [0.4, 0.5) is 0 Å². The van der Waals surface area contributed by atoms with Gasteiger partial charge in [-0.2, -0.15) is 0 Å². The molecule has 5 nitrogen and oxygen atoms in total. The Balaban J connectivity index is 2.95. The zero-order chi connectivity index (χ0) is 15.5. The number of rotatable bonds is 5. The SMILES string of the molecule is CCN(CCC(=O)O)C(=O)c1sc(C(C)(C)C)nc1C. The van der Waals surface area contributed by atoms with E-state index in [2.05, 4.69) is 25.8 Å². The number of amides is 1. The first-order chi connectivity index (χ1) is 9.16. The van der Waals surface area contributed by atoms with Crippen LogP contribution in [0.1, 0.15) is 54.5 Å². The number of thiazole rings is 1. The third kappa shape index (κ3) is 4.03. The van der Waals surface area contributed by atoms with E-state index in [9.17, 15) is 9.59 Å². The lowest BCUT2D eigenvalue weighted by atomic mass is 9.98. The van der Waals surface area contributed by atoms with Gasteiger partial charge in [-0.15, -0.1) is 11.3 Å². The minimum atomic E-state index is -0.896. The van der Waals surface area contributed by atoms with Gasteiger partial charge in [0.15, 0.2) is 0 Å². The van der Waals surface area contributed by atoms with Crippen molar-refractivity contribution in [2.45, 2.75) is 46.5 Å². The first-order valence-electron chi connectivity index (χ1n) is 6.65. The van der Waals surface area contributed by atoms with Crippen molar-refractivity contribution in [1.29, 1.82) is 0 Å². The lowest BCUT2D eigenvalue weighted by Gasteiger charge is -2.19. The van der Waals surface area contributed by atoms with Crippen molar-refractivity contribution >= 4 is 23.2 Å². The Labute approximate surface area is 123 Å². The Kier molecular flexibility index (Phi) is 5.28. The molecule has 1 aromatic heterocycles. The number of hydrogen-bond acceptors (Lipinski definition) is 4. The Bertz CT molecular complexity index is 503. The van der Waals surface area contributed by atoms with E-state index in [0.29, 0.717) is 11.4 Å². The average Bonchev–Trinajstić information content (AvgIpc) is 2.71. The van der Waals surface area contributed by atoms with E-state index >= 15 is 0 Å². The number of hydrogen-bond donors (Lipinski definition) is 1. The van der Waals surface area contributed by atoms with E-state index in [1.54, 1.807) is 4.90 Å². The summed E-state index contributed by atoms with van der Waals surface area (Å²) in [6, 6.07) is 0. The number of nitrogens with zero attached hydrogens (tertiary/aromatic N) is 2. The van der Waals surface area contributed by atoms with Crippen LogP contribution in [0.2, 0.25) is 0 Å². The maximum atomic E-state index is 12.5. The van der Waals surface area contributed by atoms with Crippen LogP contribution in [-0.2, 0) is 10.2 Å². The summed E-state index contributed by atoms with van der Waals surface area (Å²) in [5, 5.41) is 9.65. The number of aromatic nitrogens is 1. The van der Waals surface area contributed by atoms with E-state index in [-0.39, 0.29) is 24.3 Å². The highest BCUT2D eigenvalue weighted by Gasteiger charge is 2.25. The topological polar surface area (TPSA) is 70.5 Å². The standard InChI is InChI=1S/C14H22N2O3S/c1-6-16(8-7-10(17)18)12(19)11-9(2)15-13(20-11)14(3,4)5/h6-8H2,1-5H3,(H,17,18). The summed E-state index contributed by atoms with van der Waals surface area (Å²) in [5.74, 6) is -1.02. The quantitative estimate of drug-likeness (QED) is 0.907. The van der Waals surface area contributed by atoms with Crippen LogP contribution in [0.25, 0.3) is 0 Å². The zero-order valence-electron chi connectivity index (χ0n) is 12.7. The molecular formula is C14H22N2O3S. The molecule has 0 saturated carbocycles. The summed E-state index contributed by atoms with van der Waals surface area (Å²) in [4.78, 5) is 29.7. The molecule has 1 rings (SSSR count). The van der Waals surface area contributed by atoms with Crippen LogP contribution >= 0.6 is 11.3 Å². The Morgan fingerprint density at radius 2 is 1.95 bits per heavy atom. The minimum Gasteiger partial charge on any atom is -0.481 e. The summed E-state index contributed by atoms with van der Waals surface area (Å²) >= 11 is 1.40. The predicted octanol–water partition coefficient (Wildman–Crippen LogP) is 2.69. The fourth-order valence-electron chi connectivity index (χ4n) is 1.69. The maximum absolute atomic E-state index is 12.5. The van der Waals surface area contributed by atoms with Gasteiger partial charge in [-0.1, -0.05) is 20.8 Å². The molecule has 0 aliphatic carbocycles. The van der Waals surface area contributed by atoms with Gasteiger partial charge in [0.05, 0.1) is 17.1 Å². The highest BCUT2D eigenvalue weighted by molar-refractivity contribution is 7.14. The number of carboxylic acids is 1. The lowest BCUT2D eigenvalue weighted by Crippen LogP contribution is -2.32. The fraction of sp³-hybridized carbons (Fsp3) is 0.643. The Morgan fingerprint density at radius 1 is 1.35 bits per heavy atom. The maximum Gasteiger partial charge on any atom is 0.305 e. The molecule has 20 heavy (non-hydrogen) atoms. The van der Waals surface area contributed by atoms with Crippen molar-refractivity contribution in [2.75, 3.05) is 13.1 Å². The average molecular weight is 298 g/mol. The molecule has 6 heteroatoms. The molecule has 0 spiro atoms. The molecule has 0 fully saturated rings. The molecular weight excluding hydrogens is 276 g/mol. The van der Waals surface area contributed by atoms with Crippen molar-refractivity contribution in [2.24, 2.45) is 0 Å². The summed E-state index contributed by atoms with van der Waals surface area (Å²) < 4.78 is 0. The molecule has 0 radical (unpaired) electrons. The van der Waals surface area contributed by atoms with Gasteiger partial charge in [0.2, 0.25) is 0 Å². The number of carbonyl (C=O) groups is 2. The van der Waals surface area contributed by atoms with Gasteiger partial charge in [0.25, 0.3) is 5.91 Å². The fourth-order valence-corrected chi connectivity index (χ4v) is 2.78. The highest BCUT2D eigenvalue weighted by atomic mass is 32.1. The van der Waals surface area contributed by atoms with Crippen molar-refractivity contribution in [1.82, 2.24) is 9.88 Å². The Morgan fingerprint density at radius 3 is 2.35 bits per heavy atom. The normalized spacial score (nSPS) is 11.4. The van der Waals surface area contributed by atoms with Gasteiger partial charge < -0.3 is 10.0 Å². The number of aliphatic carboxylic acids is 1. The van der Waals surface area contributed by atoms with Crippen LogP contribution in [0.3, 0.4) is 0 Å². The molecule has 0 bridgehead atoms. The van der Waals surface area contributed by atoms with Gasteiger partial charge in [0, 0.05) is 18.5 Å². The molecule has 0 aromatic carbocycles. The molecule has 0 saturated heterocycles. The minimum absolute atomic E-state index is 0.0381. The summed E-state index contributed by atoms with van der Waals surface area (Å²) in [6.45, 7) is 10.6. The van der Waals surface area contributed by atoms with Crippen LogP contribution in [-0.4, -0.2) is 40.0 Å². The van der Waals surface area contributed by atoms with Crippen molar-refractivity contribution in [3.8, 4) is 0 Å². The van der Waals surface area contributed by atoms with Crippen LogP contribution < -0.4 is 0 Å². The molecule has 0 unspecified atom stereocenters. The molecule has 0 aliphatic heterocycles. The van der Waals surface area contributed by atoms with E-state index in [0.717, 1.165) is 10.7 Å². The van der Waals surface area contributed by atoms with Gasteiger partial charge in [-0.3, -0.25) is 9.59 Å². The second-order valence-corrected chi connectivity index (χ2v) is 6.71. The largest absolute Gasteiger partial charge is 0.481 e. The Hall–Kier alpha value is -1.43. The zero-order valence-corrected chi connectivity index (χ0v) is 13.5. The molecule has 1 aromatic rings. The first kappa shape index (κ1) is 16.6. The molecule has 0 atom stereocenters. The summed E-state index contributed by atoms with van der Waals surface area (Å²) in [6.07, 6.45) is -0.0381. The first-order valence-corrected chi connectivity index (χ1v) is 7.47. The van der Waals surface area contributed by atoms with Crippen LogP contribution in [0, 0.1) is 6.92 Å². The van der Waals surface area contributed by atoms with E-state index in [1.807, 2.05) is 13.8 Å². The van der Waals surface area contributed by atoms with Crippen molar-refractivity contribution in [3.63, 3.8) is 0 Å². The third-order valence-electron chi connectivity index (χ3n) is 2.90. The number of carboxylic acid groups (broad SMARTS) is 1. The predicted molar refractivity (Wildman–Crippen MR) is 79.4 cm³/mol. The lowest BCUT2D eigenvalue weighted by molar-refractivity contribution is -0.137. The number of aryl methyl sites for hydroxylation is 1. The molecule has 1 N–H and O–H groups in total. The second kappa shape index (κ2) is 6.35. The van der Waals surface area contributed by atoms with Crippen LogP contribution in [0.5, 0.6) is 0 Å². The van der Waals surface area contributed by atoms with Gasteiger partial charge in [-0.05, 0) is 13.8 Å². The monoisotopic (exact) mass is 298 g/mol. The summed E-state index contributed by atoms with van der Waals surface area (Å²) in [7, 11) is 0. The van der Waals surface area contributed by atoms with Crippen molar-refractivity contribution in [3.05, 3.63) is 15.6 Å². The molecule has 1 heterocycles. The molecule has 0 aliphatic rings. The summed E-state index contributed by atoms with van der Waals surface area (Å²) in [5.41, 5.74) is 0.630. The highest BCUT2D eigenvalue weighted by Crippen LogP contribution is 2.29. The smallest absolute Gasteiger partial charge is 0.305 e. The molecule has 112 valence electrons. The van der Waals surface area contributed by atoms with E-state index in [4.69, 9.17) is 5.11 Å². The van der Waals surface area contributed by atoms with E-state index < -0.39 is 5.97 Å². The number of carbonyl (C=O) groups excluding carboxylic acids is 1. The van der Waals surface area contributed by atoms with E-state index in [1.165, 1.54) is 11.3 Å². The van der Waals surface area contributed by atoms with Gasteiger partial charge in [-0.25, -0.2) is 4.98 Å². The van der Waals surface area contributed by atoms with Gasteiger partial charge in [0.1, 0.15) is 4.88 Å².